The second kappa shape index (κ2) is 9.27. The van der Waals surface area contributed by atoms with Gasteiger partial charge in [-0.2, -0.15) is 0 Å². The molecule has 0 aliphatic carbocycles. The van der Waals surface area contributed by atoms with Crippen LogP contribution in [0.1, 0.15) is 28.4 Å². The second-order valence-corrected chi connectivity index (χ2v) is 5.14. The molecule has 0 fully saturated rings. The number of carbonyl (C=O) groups is 2. The normalized spacial score (nSPS) is 10.5. The molecule has 0 atom stereocenters. The molecular formula is C19H21N3O2. The minimum Gasteiger partial charge on any atom is -0.348 e. The summed E-state index contributed by atoms with van der Waals surface area (Å²) in [5.41, 5.74) is 7.82. The van der Waals surface area contributed by atoms with Crippen LogP contribution in [-0.2, 0) is 11.3 Å². The second-order valence-electron chi connectivity index (χ2n) is 5.14. The van der Waals surface area contributed by atoms with E-state index in [1.165, 1.54) is 6.08 Å². The van der Waals surface area contributed by atoms with Gasteiger partial charge >= 0.3 is 0 Å². The molecule has 5 nitrogen and oxygen atoms in total. The summed E-state index contributed by atoms with van der Waals surface area (Å²) in [6.45, 7) is 2.97. The highest BCUT2D eigenvalue weighted by atomic mass is 16.2. The Morgan fingerprint density at radius 3 is 2.38 bits per heavy atom. The van der Waals surface area contributed by atoms with Gasteiger partial charge in [-0.3, -0.25) is 15.0 Å². The van der Waals surface area contributed by atoms with Crippen LogP contribution in [0, 0.1) is 0 Å². The SMILES string of the molecule is CCNNC(=O)c1ccc(CNC(=O)/C=C/c2ccccc2)cc1. The first-order chi connectivity index (χ1) is 11.7. The largest absolute Gasteiger partial charge is 0.348 e. The number of hydrogen-bond acceptors (Lipinski definition) is 3. The van der Waals surface area contributed by atoms with Crippen molar-refractivity contribution >= 4 is 17.9 Å². The van der Waals surface area contributed by atoms with Crippen LogP contribution in [0.3, 0.4) is 0 Å². The van der Waals surface area contributed by atoms with Crippen molar-refractivity contribution in [2.45, 2.75) is 13.5 Å². The van der Waals surface area contributed by atoms with Gasteiger partial charge in [-0.1, -0.05) is 49.4 Å². The van der Waals surface area contributed by atoms with Gasteiger partial charge in [-0.05, 0) is 29.3 Å². The molecule has 0 spiro atoms. The fraction of sp³-hybridized carbons (Fsp3) is 0.158. The zero-order valence-corrected chi connectivity index (χ0v) is 13.6. The lowest BCUT2D eigenvalue weighted by Gasteiger charge is -2.06. The summed E-state index contributed by atoms with van der Waals surface area (Å²) >= 11 is 0. The molecule has 0 heterocycles. The number of benzene rings is 2. The first kappa shape index (κ1) is 17.4. The summed E-state index contributed by atoms with van der Waals surface area (Å²) in [5.74, 6) is -0.342. The molecular weight excluding hydrogens is 302 g/mol. The van der Waals surface area contributed by atoms with Gasteiger partial charge in [0.2, 0.25) is 5.91 Å². The monoisotopic (exact) mass is 323 g/mol. The molecule has 0 aromatic heterocycles. The van der Waals surface area contributed by atoms with Crippen molar-refractivity contribution in [2.75, 3.05) is 6.54 Å². The van der Waals surface area contributed by atoms with Crippen molar-refractivity contribution < 1.29 is 9.59 Å². The number of carbonyl (C=O) groups excluding carboxylic acids is 2. The van der Waals surface area contributed by atoms with E-state index in [0.717, 1.165) is 11.1 Å². The predicted molar refractivity (Wildman–Crippen MR) is 94.9 cm³/mol. The Hall–Kier alpha value is -2.92. The van der Waals surface area contributed by atoms with E-state index in [1.54, 1.807) is 18.2 Å². The predicted octanol–water partition coefficient (Wildman–Crippen LogP) is 2.27. The molecule has 0 bridgehead atoms. The lowest BCUT2D eigenvalue weighted by Crippen LogP contribution is -2.37. The highest BCUT2D eigenvalue weighted by Crippen LogP contribution is 2.04. The molecule has 0 aliphatic heterocycles. The van der Waals surface area contributed by atoms with Crippen LogP contribution in [0.4, 0.5) is 0 Å². The van der Waals surface area contributed by atoms with Gasteiger partial charge in [-0.15, -0.1) is 0 Å². The van der Waals surface area contributed by atoms with E-state index >= 15 is 0 Å². The average Bonchev–Trinajstić information content (AvgIpc) is 2.64. The molecule has 0 saturated heterocycles. The third kappa shape index (κ3) is 5.70. The van der Waals surface area contributed by atoms with Crippen molar-refractivity contribution in [3.05, 3.63) is 77.4 Å². The third-order valence-electron chi connectivity index (χ3n) is 3.29. The molecule has 2 aromatic carbocycles. The van der Waals surface area contributed by atoms with E-state index in [-0.39, 0.29) is 11.8 Å². The van der Waals surface area contributed by atoms with E-state index in [0.29, 0.717) is 18.7 Å². The molecule has 124 valence electrons. The van der Waals surface area contributed by atoms with Crippen LogP contribution in [0.15, 0.2) is 60.7 Å². The smallest absolute Gasteiger partial charge is 0.265 e. The molecule has 2 rings (SSSR count). The summed E-state index contributed by atoms with van der Waals surface area (Å²) in [6, 6.07) is 16.7. The maximum absolute atomic E-state index is 11.8. The summed E-state index contributed by atoms with van der Waals surface area (Å²) in [4.78, 5) is 23.6. The van der Waals surface area contributed by atoms with Crippen LogP contribution >= 0.6 is 0 Å². The van der Waals surface area contributed by atoms with Gasteiger partial charge in [0.1, 0.15) is 0 Å². The van der Waals surface area contributed by atoms with Crippen LogP contribution in [-0.4, -0.2) is 18.4 Å². The maximum Gasteiger partial charge on any atom is 0.265 e. The molecule has 2 aromatic rings. The fourth-order valence-corrected chi connectivity index (χ4v) is 2.00. The fourth-order valence-electron chi connectivity index (χ4n) is 2.00. The van der Waals surface area contributed by atoms with Crippen LogP contribution in [0.5, 0.6) is 0 Å². The van der Waals surface area contributed by atoms with Gasteiger partial charge in [0.15, 0.2) is 0 Å². The number of hydrogen-bond donors (Lipinski definition) is 3. The summed E-state index contributed by atoms with van der Waals surface area (Å²) in [6.07, 6.45) is 3.27. The standard InChI is InChI=1S/C19H21N3O2/c1-2-21-22-19(24)17-11-8-16(9-12-17)14-20-18(23)13-10-15-6-4-3-5-7-15/h3-13,21H,2,14H2,1H3,(H,20,23)(H,22,24)/b13-10+. The number of rotatable bonds is 7. The summed E-state index contributed by atoms with van der Waals surface area (Å²) in [7, 11) is 0. The Labute approximate surface area is 141 Å². The molecule has 3 N–H and O–H groups in total. The lowest BCUT2D eigenvalue weighted by atomic mass is 10.1. The van der Waals surface area contributed by atoms with E-state index in [1.807, 2.05) is 49.4 Å². The zero-order chi connectivity index (χ0) is 17.2. The Kier molecular flexibility index (Phi) is 6.73. The minimum absolute atomic E-state index is 0.159. The molecule has 0 aliphatic rings. The first-order valence-electron chi connectivity index (χ1n) is 7.82. The Morgan fingerprint density at radius 1 is 1.00 bits per heavy atom. The lowest BCUT2D eigenvalue weighted by molar-refractivity contribution is -0.116. The Balaban J connectivity index is 1.82. The van der Waals surface area contributed by atoms with E-state index < -0.39 is 0 Å². The molecule has 2 amide bonds. The Bertz CT molecular complexity index is 694. The highest BCUT2D eigenvalue weighted by Gasteiger charge is 2.04. The van der Waals surface area contributed by atoms with Crippen molar-refractivity contribution in [1.82, 2.24) is 16.2 Å². The van der Waals surface area contributed by atoms with Gasteiger partial charge in [-0.25, -0.2) is 5.43 Å². The number of amides is 2. The molecule has 24 heavy (non-hydrogen) atoms. The van der Waals surface area contributed by atoms with E-state index in [4.69, 9.17) is 0 Å². The molecule has 5 heteroatoms. The number of nitrogens with one attached hydrogen (secondary N) is 3. The first-order valence-corrected chi connectivity index (χ1v) is 7.82. The van der Waals surface area contributed by atoms with Crippen molar-refractivity contribution in [1.29, 1.82) is 0 Å². The van der Waals surface area contributed by atoms with Crippen LogP contribution < -0.4 is 16.2 Å². The molecule has 0 unspecified atom stereocenters. The van der Waals surface area contributed by atoms with Gasteiger partial charge < -0.3 is 5.32 Å². The van der Waals surface area contributed by atoms with Crippen molar-refractivity contribution in [2.24, 2.45) is 0 Å². The number of hydrazine groups is 1. The van der Waals surface area contributed by atoms with E-state index in [2.05, 4.69) is 16.2 Å². The van der Waals surface area contributed by atoms with Gasteiger partial charge in [0.25, 0.3) is 5.91 Å². The van der Waals surface area contributed by atoms with Gasteiger partial charge in [0, 0.05) is 24.7 Å². The molecule has 0 saturated carbocycles. The Morgan fingerprint density at radius 2 is 1.71 bits per heavy atom. The summed E-state index contributed by atoms with van der Waals surface area (Å²) < 4.78 is 0. The van der Waals surface area contributed by atoms with Crippen molar-refractivity contribution in [3.8, 4) is 0 Å². The minimum atomic E-state index is -0.182. The summed E-state index contributed by atoms with van der Waals surface area (Å²) in [5, 5.41) is 2.81. The van der Waals surface area contributed by atoms with Crippen LogP contribution in [0.25, 0.3) is 6.08 Å². The maximum atomic E-state index is 11.8. The van der Waals surface area contributed by atoms with E-state index in [9.17, 15) is 9.59 Å². The van der Waals surface area contributed by atoms with Crippen LogP contribution in [0.2, 0.25) is 0 Å². The topological polar surface area (TPSA) is 70.2 Å². The van der Waals surface area contributed by atoms with Gasteiger partial charge in [0.05, 0.1) is 0 Å². The zero-order valence-electron chi connectivity index (χ0n) is 13.6. The third-order valence-corrected chi connectivity index (χ3v) is 3.29. The average molecular weight is 323 g/mol. The molecule has 0 radical (unpaired) electrons. The van der Waals surface area contributed by atoms with Crippen molar-refractivity contribution in [3.63, 3.8) is 0 Å². The highest BCUT2D eigenvalue weighted by molar-refractivity contribution is 5.94. The quantitative estimate of drug-likeness (QED) is 0.541.